The van der Waals surface area contributed by atoms with E-state index in [2.05, 4.69) is 42.2 Å². The highest BCUT2D eigenvalue weighted by Crippen LogP contribution is 2.60. The van der Waals surface area contributed by atoms with E-state index in [1.807, 2.05) is 0 Å². The number of halogens is 1. The number of nitrogens with zero attached hydrogens (tertiary/aromatic N) is 8. The standard InChI is InChI=1S/C21H24FN9O9P2S2/c1-7-28-19-13(20(33)29-7)27-5-30(19)8-2-9-14(32)15(8)39-41(34,43)36-3-10-16(40-42(35,44)38-9)11(22)21(37-10)31-6-26-12-17(23)24-4-25-18(12)31/h4-6,8-11,13-16,21,32H,2-3H2,1H3,(H,34,43)(H,35,44)(H2,23,24,25)/t8-,9+,10-,11-,13?,14-,15+,16-,21-,41?,42?/m1/s1. The number of nitrogen functional groups attached to an aromatic ring is 1. The smallest absolute Gasteiger partial charge is 0.386 e. The number of hydrogen-bond acceptors (Lipinski definition) is 16. The number of amidine groups is 2. The molecule has 1 aliphatic carbocycles. The number of carbonyl (C=O) groups excluding carboxylic acids is 1. The molecule has 18 nitrogen and oxygen atoms in total. The van der Waals surface area contributed by atoms with Crippen molar-refractivity contribution in [1.82, 2.24) is 24.4 Å². The van der Waals surface area contributed by atoms with Crippen molar-refractivity contribution in [2.45, 2.75) is 68.3 Å². The van der Waals surface area contributed by atoms with Gasteiger partial charge in [-0.15, -0.1) is 0 Å². The van der Waals surface area contributed by atoms with E-state index in [1.165, 1.54) is 35.4 Å². The summed E-state index contributed by atoms with van der Waals surface area (Å²) in [7, 11) is 0. The van der Waals surface area contributed by atoms with Gasteiger partial charge in [0.05, 0.1) is 31.4 Å². The van der Waals surface area contributed by atoms with Crippen molar-refractivity contribution >= 4 is 78.5 Å². The number of fused-ring (bicyclic) bond motifs is 5. The fourth-order valence-corrected chi connectivity index (χ4v) is 9.06. The Kier molecular flexibility index (Phi) is 7.53. The number of hydrogen-bond donors (Lipinski definition) is 4. The molecule has 0 spiro atoms. The molecule has 3 fully saturated rings. The van der Waals surface area contributed by atoms with Crippen molar-refractivity contribution in [2.24, 2.45) is 15.0 Å². The predicted octanol–water partition coefficient (Wildman–Crippen LogP) is 0.287. The van der Waals surface area contributed by atoms with Crippen LogP contribution in [0.15, 0.2) is 27.6 Å². The third kappa shape index (κ3) is 5.23. The Morgan fingerprint density at radius 1 is 1.18 bits per heavy atom. The molecule has 23 heteroatoms. The summed E-state index contributed by atoms with van der Waals surface area (Å²) in [4.78, 5) is 49.3. The summed E-state index contributed by atoms with van der Waals surface area (Å²) in [6.45, 7) is -7.64. The number of amides is 1. The van der Waals surface area contributed by atoms with Crippen LogP contribution >= 0.6 is 25.8 Å². The number of nitrogens with two attached hydrogens (primary N) is 1. The number of aliphatic hydroxyl groups is 1. The van der Waals surface area contributed by atoms with Gasteiger partial charge in [0, 0.05) is 6.42 Å². The first-order valence-corrected chi connectivity index (χ1v) is 18.4. The van der Waals surface area contributed by atoms with Crippen LogP contribution in [0.1, 0.15) is 19.6 Å². The first-order chi connectivity index (χ1) is 20.8. The Morgan fingerprint density at radius 3 is 2.77 bits per heavy atom. The van der Waals surface area contributed by atoms with Crippen molar-refractivity contribution in [1.29, 1.82) is 0 Å². The summed E-state index contributed by atoms with van der Waals surface area (Å²) in [6.07, 6.45) is -6.85. The second-order valence-corrected chi connectivity index (χ2v) is 16.1. The molecule has 0 radical (unpaired) electrons. The average molecular weight is 692 g/mol. The van der Waals surface area contributed by atoms with Crippen LogP contribution < -0.4 is 5.73 Å². The van der Waals surface area contributed by atoms with E-state index in [0.29, 0.717) is 0 Å². The lowest BCUT2D eigenvalue weighted by Gasteiger charge is -2.33. The van der Waals surface area contributed by atoms with Crippen molar-refractivity contribution < 1.29 is 46.6 Å². The fourth-order valence-electron chi connectivity index (χ4n) is 5.76. The summed E-state index contributed by atoms with van der Waals surface area (Å²) >= 11 is 9.33. The first-order valence-electron chi connectivity index (χ1n) is 13.1. The summed E-state index contributed by atoms with van der Waals surface area (Å²) in [6, 6.07) is -1.89. The molecule has 1 saturated carbocycles. The van der Waals surface area contributed by atoms with Gasteiger partial charge in [0.25, 0.3) is 5.91 Å². The van der Waals surface area contributed by atoms with Gasteiger partial charge in [-0.25, -0.2) is 28.9 Å². The van der Waals surface area contributed by atoms with Gasteiger partial charge in [0.2, 0.25) is 0 Å². The number of imidazole rings is 1. The zero-order valence-electron chi connectivity index (χ0n) is 22.4. The van der Waals surface area contributed by atoms with Gasteiger partial charge in [0.15, 0.2) is 29.9 Å². The molecule has 2 saturated heterocycles. The van der Waals surface area contributed by atoms with Gasteiger partial charge in [-0.1, -0.05) is 12.2 Å². The maximum Gasteiger partial charge on any atom is 0.386 e. The van der Waals surface area contributed by atoms with E-state index in [9.17, 15) is 19.4 Å². The second-order valence-electron chi connectivity index (χ2n) is 10.4. The fraction of sp³-hybridized carbons (Fsp3) is 0.571. The molecular formula is C21H24FN9O9P2S2. The molecule has 4 aliphatic heterocycles. The molecule has 2 bridgehead atoms. The molecule has 5 aliphatic rings. The Morgan fingerprint density at radius 2 is 1.98 bits per heavy atom. The van der Waals surface area contributed by atoms with Crippen LogP contribution in [0.2, 0.25) is 0 Å². The van der Waals surface area contributed by atoms with Crippen LogP contribution in [0, 0.1) is 0 Å². The summed E-state index contributed by atoms with van der Waals surface area (Å²) < 4.78 is 59.4. The van der Waals surface area contributed by atoms with Crippen molar-refractivity contribution in [3.8, 4) is 0 Å². The lowest BCUT2D eigenvalue weighted by Crippen LogP contribution is -2.48. The molecule has 7 rings (SSSR count). The molecular weight excluding hydrogens is 667 g/mol. The quantitative estimate of drug-likeness (QED) is 0.245. The average Bonchev–Trinajstić information content (AvgIpc) is 3.70. The third-order valence-corrected chi connectivity index (χ3v) is 10.8. The summed E-state index contributed by atoms with van der Waals surface area (Å²) in [5, 5.41) is 11.2. The van der Waals surface area contributed by atoms with Gasteiger partial charge >= 0.3 is 13.5 Å². The van der Waals surface area contributed by atoms with Gasteiger partial charge < -0.3 is 34.4 Å². The molecule has 2 aromatic heterocycles. The highest BCUT2D eigenvalue weighted by molar-refractivity contribution is 8.44. The van der Waals surface area contributed by atoms with Crippen LogP contribution in [0.4, 0.5) is 10.2 Å². The van der Waals surface area contributed by atoms with E-state index < -0.39 is 81.0 Å². The number of aromatic nitrogens is 4. The molecule has 2 aromatic rings. The zero-order valence-corrected chi connectivity index (χ0v) is 25.9. The number of anilines is 1. The number of aliphatic hydroxyl groups excluding tert-OH is 1. The Balaban J connectivity index is 1.19. The topological polar surface area (TPSA) is 231 Å². The lowest BCUT2D eigenvalue weighted by molar-refractivity contribution is -0.117. The van der Waals surface area contributed by atoms with Crippen molar-refractivity contribution in [3.05, 3.63) is 12.7 Å². The number of alkyl halides is 1. The molecule has 236 valence electrons. The van der Waals surface area contributed by atoms with E-state index in [1.54, 1.807) is 0 Å². The number of rotatable bonds is 2. The van der Waals surface area contributed by atoms with Crippen LogP contribution in [0.25, 0.3) is 11.2 Å². The second kappa shape index (κ2) is 10.9. The number of ether oxygens (including phenoxy) is 1. The number of thiol groups is 1. The largest absolute Gasteiger partial charge is 0.388 e. The number of carbonyl (C=O) groups is 1. The summed E-state index contributed by atoms with van der Waals surface area (Å²) in [5.74, 6) is -0.0627. The van der Waals surface area contributed by atoms with Crippen LogP contribution in [-0.4, -0.2) is 114 Å². The van der Waals surface area contributed by atoms with E-state index in [-0.39, 0.29) is 35.1 Å². The van der Waals surface area contributed by atoms with Crippen LogP contribution in [0.5, 0.6) is 0 Å². The zero-order chi connectivity index (χ0) is 31.1. The van der Waals surface area contributed by atoms with Crippen LogP contribution in [-0.2, 0) is 44.0 Å². The van der Waals surface area contributed by atoms with E-state index in [0.717, 1.165) is 0 Å². The van der Waals surface area contributed by atoms with Gasteiger partial charge in [-0.05, 0) is 18.7 Å². The Bertz CT molecular complexity index is 1730. The number of aliphatic imine (C=N–C) groups is 3. The van der Waals surface area contributed by atoms with Crippen molar-refractivity contribution in [2.75, 3.05) is 12.3 Å². The monoisotopic (exact) mass is 691 g/mol. The normalized spacial score (nSPS) is 42.4. The predicted molar refractivity (Wildman–Crippen MR) is 156 cm³/mol. The molecule has 6 heterocycles. The maximum atomic E-state index is 16.1. The van der Waals surface area contributed by atoms with Gasteiger partial charge in [-0.2, -0.15) is 4.99 Å². The van der Waals surface area contributed by atoms with E-state index in [4.69, 9.17) is 40.4 Å². The molecule has 44 heavy (non-hydrogen) atoms. The van der Waals surface area contributed by atoms with Crippen molar-refractivity contribution in [3.63, 3.8) is 0 Å². The molecule has 0 aromatic carbocycles. The van der Waals surface area contributed by atoms with Crippen LogP contribution in [0.3, 0.4) is 0 Å². The lowest BCUT2D eigenvalue weighted by atomic mass is 10.1. The van der Waals surface area contributed by atoms with Gasteiger partial charge in [0.1, 0.15) is 47.9 Å². The molecule has 11 atom stereocenters. The minimum Gasteiger partial charge on any atom is -0.388 e. The highest BCUT2D eigenvalue weighted by Gasteiger charge is 2.56. The minimum absolute atomic E-state index is 0.0627. The molecule has 3 unspecified atom stereocenters. The molecule has 1 amide bonds. The first kappa shape index (κ1) is 30.4. The third-order valence-electron chi connectivity index (χ3n) is 7.67. The van der Waals surface area contributed by atoms with E-state index >= 15 is 4.39 Å². The SMILES string of the molecule is CC1=NC(=O)C2N=CN([C@@H]3C[C@@H]4OP(=O)(S)O[C@H]5[C@@H](F)[C@H](n6cnc7c(N)ncnc76)O[C@@H]5COP(O)(=S)O[C@@H]3[C@@H]4O)C2=N1. The Labute approximate surface area is 257 Å². The summed E-state index contributed by atoms with van der Waals surface area (Å²) in [5.41, 5.74) is 6.21. The maximum absolute atomic E-state index is 16.1. The highest BCUT2D eigenvalue weighted by atomic mass is 32.7. The van der Waals surface area contributed by atoms with Gasteiger partial charge in [-0.3, -0.25) is 23.4 Å². The molecule has 4 N–H and O–H groups in total. The Hall–Kier alpha value is -2.29. The minimum atomic E-state index is -4.43.